The number of halogens is 1. The Morgan fingerprint density at radius 2 is 2.17 bits per heavy atom. The SMILES string of the molecule is Cc1[nH]c(-c2c[nH]c3c(F)cccc23)cc1CN. The molecule has 92 valence electrons. The summed E-state index contributed by atoms with van der Waals surface area (Å²) in [4.78, 5) is 6.26. The van der Waals surface area contributed by atoms with Crippen LogP contribution >= 0.6 is 0 Å². The zero-order valence-electron chi connectivity index (χ0n) is 10.0. The zero-order chi connectivity index (χ0) is 12.7. The Hall–Kier alpha value is -2.07. The van der Waals surface area contributed by atoms with E-state index < -0.39 is 0 Å². The van der Waals surface area contributed by atoms with Crippen LogP contribution in [0.4, 0.5) is 4.39 Å². The second-order valence-corrected chi connectivity index (χ2v) is 4.40. The number of aromatic amines is 2. The number of hydrogen-bond donors (Lipinski definition) is 3. The van der Waals surface area contributed by atoms with Crippen molar-refractivity contribution < 1.29 is 4.39 Å². The van der Waals surface area contributed by atoms with Gasteiger partial charge in [0.2, 0.25) is 0 Å². The normalized spacial score (nSPS) is 11.3. The van der Waals surface area contributed by atoms with Crippen molar-refractivity contribution in [3.8, 4) is 11.3 Å². The fraction of sp³-hybridized carbons (Fsp3) is 0.143. The minimum absolute atomic E-state index is 0.235. The van der Waals surface area contributed by atoms with Crippen molar-refractivity contribution in [2.45, 2.75) is 13.5 Å². The van der Waals surface area contributed by atoms with Gasteiger partial charge in [-0.2, -0.15) is 0 Å². The summed E-state index contributed by atoms with van der Waals surface area (Å²) in [6.45, 7) is 2.49. The molecule has 0 bridgehead atoms. The van der Waals surface area contributed by atoms with Crippen LogP contribution in [0.1, 0.15) is 11.3 Å². The maximum absolute atomic E-state index is 13.6. The van der Waals surface area contributed by atoms with E-state index in [1.807, 2.05) is 25.3 Å². The fourth-order valence-corrected chi connectivity index (χ4v) is 2.30. The number of nitrogens with one attached hydrogen (secondary N) is 2. The van der Waals surface area contributed by atoms with Gasteiger partial charge >= 0.3 is 0 Å². The number of H-pyrrole nitrogens is 2. The number of para-hydroxylation sites is 1. The highest BCUT2D eigenvalue weighted by atomic mass is 19.1. The molecule has 1 aromatic carbocycles. The first-order valence-electron chi connectivity index (χ1n) is 5.85. The molecule has 4 heteroatoms. The molecule has 4 N–H and O–H groups in total. The van der Waals surface area contributed by atoms with Crippen molar-refractivity contribution in [1.82, 2.24) is 9.97 Å². The molecule has 0 aliphatic carbocycles. The molecule has 3 nitrogen and oxygen atoms in total. The lowest BCUT2D eigenvalue weighted by Crippen LogP contribution is -1.95. The molecule has 0 radical (unpaired) electrons. The summed E-state index contributed by atoms with van der Waals surface area (Å²) in [5.74, 6) is -0.235. The number of nitrogens with two attached hydrogens (primary N) is 1. The van der Waals surface area contributed by atoms with Crippen LogP contribution in [0.15, 0.2) is 30.5 Å². The van der Waals surface area contributed by atoms with Crippen LogP contribution in [0.2, 0.25) is 0 Å². The predicted octanol–water partition coefficient (Wildman–Crippen LogP) is 3.07. The first kappa shape index (κ1) is 11.0. The number of aryl methyl sites for hydroxylation is 1. The summed E-state index contributed by atoms with van der Waals surface area (Å²) < 4.78 is 13.6. The van der Waals surface area contributed by atoms with Crippen LogP contribution < -0.4 is 5.73 Å². The Morgan fingerprint density at radius 3 is 2.89 bits per heavy atom. The third-order valence-electron chi connectivity index (χ3n) is 3.30. The summed E-state index contributed by atoms with van der Waals surface area (Å²) in [5.41, 5.74) is 10.3. The highest BCUT2D eigenvalue weighted by molar-refractivity contribution is 5.95. The van der Waals surface area contributed by atoms with Crippen LogP contribution in [0.5, 0.6) is 0 Å². The summed E-state index contributed by atoms with van der Waals surface area (Å²) in [7, 11) is 0. The molecule has 0 aliphatic rings. The molecule has 0 unspecified atom stereocenters. The highest BCUT2D eigenvalue weighted by Gasteiger charge is 2.11. The van der Waals surface area contributed by atoms with Crippen LogP contribution in [-0.2, 0) is 6.54 Å². The molecule has 3 rings (SSSR count). The number of aromatic nitrogens is 2. The maximum atomic E-state index is 13.6. The number of benzene rings is 1. The summed E-state index contributed by atoms with van der Waals surface area (Å²) >= 11 is 0. The lowest BCUT2D eigenvalue weighted by Gasteiger charge is -1.96. The van der Waals surface area contributed by atoms with Gasteiger partial charge in [-0.3, -0.25) is 0 Å². The zero-order valence-corrected chi connectivity index (χ0v) is 10.0. The monoisotopic (exact) mass is 243 g/mol. The molecule has 0 spiro atoms. The Balaban J connectivity index is 2.22. The van der Waals surface area contributed by atoms with Crippen molar-refractivity contribution in [3.63, 3.8) is 0 Å². The van der Waals surface area contributed by atoms with Crippen LogP contribution in [-0.4, -0.2) is 9.97 Å². The Labute approximate surface area is 104 Å². The topological polar surface area (TPSA) is 57.6 Å². The molecule has 2 heterocycles. The lowest BCUT2D eigenvalue weighted by atomic mass is 10.1. The molecule has 18 heavy (non-hydrogen) atoms. The van der Waals surface area contributed by atoms with E-state index >= 15 is 0 Å². The first-order chi connectivity index (χ1) is 8.70. The predicted molar refractivity (Wildman–Crippen MR) is 70.7 cm³/mol. The van der Waals surface area contributed by atoms with Gasteiger partial charge in [-0.1, -0.05) is 12.1 Å². The first-order valence-corrected chi connectivity index (χ1v) is 5.85. The minimum Gasteiger partial charge on any atom is -0.358 e. The average Bonchev–Trinajstić information content (AvgIpc) is 2.93. The molecule has 0 amide bonds. The second kappa shape index (κ2) is 3.99. The van der Waals surface area contributed by atoms with Gasteiger partial charge in [0.05, 0.1) is 5.52 Å². The maximum Gasteiger partial charge on any atom is 0.147 e. The third-order valence-corrected chi connectivity index (χ3v) is 3.30. The van der Waals surface area contributed by atoms with Gasteiger partial charge in [-0.25, -0.2) is 4.39 Å². The molecule has 3 aromatic rings. The van der Waals surface area contributed by atoms with Gasteiger partial charge in [0, 0.05) is 35.1 Å². The van der Waals surface area contributed by atoms with Gasteiger partial charge in [0.1, 0.15) is 5.82 Å². The van der Waals surface area contributed by atoms with Crippen LogP contribution in [0, 0.1) is 12.7 Å². The molecule has 0 atom stereocenters. The quantitative estimate of drug-likeness (QED) is 0.636. The van der Waals surface area contributed by atoms with Gasteiger partial charge < -0.3 is 15.7 Å². The average molecular weight is 243 g/mol. The summed E-state index contributed by atoms with van der Waals surface area (Å²) in [5, 5.41) is 0.875. The molecular weight excluding hydrogens is 229 g/mol. The van der Waals surface area contributed by atoms with E-state index in [1.165, 1.54) is 6.07 Å². The van der Waals surface area contributed by atoms with E-state index in [9.17, 15) is 4.39 Å². The fourth-order valence-electron chi connectivity index (χ4n) is 2.30. The molecule has 0 aliphatic heterocycles. The van der Waals surface area contributed by atoms with E-state index in [-0.39, 0.29) is 5.82 Å². The van der Waals surface area contributed by atoms with Gasteiger partial charge in [-0.05, 0) is 24.6 Å². The summed E-state index contributed by atoms with van der Waals surface area (Å²) in [6, 6.07) is 7.09. The molecule has 0 saturated carbocycles. The second-order valence-electron chi connectivity index (χ2n) is 4.40. The van der Waals surface area contributed by atoms with E-state index in [4.69, 9.17) is 5.73 Å². The van der Waals surface area contributed by atoms with Crippen molar-refractivity contribution in [3.05, 3.63) is 47.5 Å². The molecule has 2 aromatic heterocycles. The van der Waals surface area contributed by atoms with Crippen molar-refractivity contribution in [2.75, 3.05) is 0 Å². The van der Waals surface area contributed by atoms with Crippen molar-refractivity contribution in [2.24, 2.45) is 5.73 Å². The molecule has 0 saturated heterocycles. The Morgan fingerprint density at radius 1 is 1.33 bits per heavy atom. The van der Waals surface area contributed by atoms with Crippen LogP contribution in [0.25, 0.3) is 22.2 Å². The number of hydrogen-bond acceptors (Lipinski definition) is 1. The van der Waals surface area contributed by atoms with Gasteiger partial charge in [0.15, 0.2) is 0 Å². The van der Waals surface area contributed by atoms with Crippen molar-refractivity contribution >= 4 is 10.9 Å². The third kappa shape index (κ3) is 1.54. The minimum atomic E-state index is -0.235. The number of rotatable bonds is 2. The lowest BCUT2D eigenvalue weighted by molar-refractivity contribution is 0.637. The standard InChI is InChI=1S/C14H14FN3/c1-8-9(6-16)5-13(18-8)11-7-17-14-10(11)3-2-4-12(14)15/h2-5,7,17-18H,6,16H2,1H3. The van der Waals surface area contributed by atoms with E-state index in [0.29, 0.717) is 12.1 Å². The van der Waals surface area contributed by atoms with Crippen molar-refractivity contribution in [1.29, 1.82) is 0 Å². The molecular formula is C14H14FN3. The van der Waals surface area contributed by atoms with E-state index in [2.05, 4.69) is 9.97 Å². The smallest absolute Gasteiger partial charge is 0.147 e. The Bertz CT molecular complexity index is 709. The largest absolute Gasteiger partial charge is 0.358 e. The Kier molecular flexibility index (Phi) is 2.45. The molecule has 0 fully saturated rings. The van der Waals surface area contributed by atoms with Gasteiger partial charge in [0.25, 0.3) is 0 Å². The van der Waals surface area contributed by atoms with E-state index in [0.717, 1.165) is 27.9 Å². The van der Waals surface area contributed by atoms with Crippen LogP contribution in [0.3, 0.4) is 0 Å². The number of fused-ring (bicyclic) bond motifs is 1. The van der Waals surface area contributed by atoms with Gasteiger partial charge in [-0.15, -0.1) is 0 Å². The highest BCUT2D eigenvalue weighted by Crippen LogP contribution is 2.30. The van der Waals surface area contributed by atoms with E-state index in [1.54, 1.807) is 6.07 Å². The summed E-state index contributed by atoms with van der Waals surface area (Å²) in [6.07, 6.45) is 1.82.